The normalized spacial score (nSPS) is 12.4. The SMILES string of the molecule is O=C(OCc1cccc([N+](=O)[O-])c1)c1ccc2c(c1)C(=O)N(c1ccc([N+](=O)[O-])cc1)C2=O. The molecule has 0 radical (unpaired) electrons. The molecule has 11 nitrogen and oxygen atoms in total. The number of amides is 2. The van der Waals surface area contributed by atoms with Crippen LogP contribution in [0.2, 0.25) is 0 Å². The highest BCUT2D eigenvalue weighted by Crippen LogP contribution is 2.30. The quantitative estimate of drug-likeness (QED) is 0.240. The number of carbonyl (C=O) groups excluding carboxylic acids is 3. The second-order valence-corrected chi connectivity index (χ2v) is 6.98. The number of imide groups is 1. The fraction of sp³-hybridized carbons (Fsp3) is 0.0455. The molecule has 0 N–H and O–H groups in total. The summed E-state index contributed by atoms with van der Waals surface area (Å²) in [6, 6.07) is 14.4. The third-order valence-corrected chi connectivity index (χ3v) is 4.93. The van der Waals surface area contributed by atoms with Crippen LogP contribution in [-0.4, -0.2) is 27.6 Å². The maximum atomic E-state index is 12.8. The van der Waals surface area contributed by atoms with Crippen LogP contribution >= 0.6 is 0 Å². The molecule has 164 valence electrons. The number of hydrogen-bond acceptors (Lipinski definition) is 8. The van der Waals surface area contributed by atoms with Crippen LogP contribution in [0.5, 0.6) is 0 Å². The lowest BCUT2D eigenvalue weighted by Gasteiger charge is -2.13. The van der Waals surface area contributed by atoms with Gasteiger partial charge in [-0.25, -0.2) is 9.69 Å². The topological polar surface area (TPSA) is 150 Å². The van der Waals surface area contributed by atoms with Gasteiger partial charge in [0.05, 0.1) is 32.2 Å². The van der Waals surface area contributed by atoms with Crippen LogP contribution in [0, 0.1) is 20.2 Å². The predicted octanol–water partition coefficient (Wildman–Crippen LogP) is 3.66. The molecule has 33 heavy (non-hydrogen) atoms. The summed E-state index contributed by atoms with van der Waals surface area (Å²) >= 11 is 0. The first-order valence-corrected chi connectivity index (χ1v) is 9.44. The van der Waals surface area contributed by atoms with Crippen LogP contribution in [0.25, 0.3) is 0 Å². The number of esters is 1. The van der Waals surface area contributed by atoms with E-state index in [1.54, 1.807) is 6.07 Å². The summed E-state index contributed by atoms with van der Waals surface area (Å²) in [5, 5.41) is 21.7. The van der Waals surface area contributed by atoms with Gasteiger partial charge in [0.2, 0.25) is 0 Å². The smallest absolute Gasteiger partial charge is 0.338 e. The average molecular weight is 447 g/mol. The van der Waals surface area contributed by atoms with E-state index in [9.17, 15) is 34.6 Å². The molecule has 0 saturated carbocycles. The number of ether oxygens (including phenoxy) is 1. The summed E-state index contributed by atoms with van der Waals surface area (Å²) in [6.07, 6.45) is 0. The molecule has 1 aliphatic rings. The Hall–Kier alpha value is -4.93. The van der Waals surface area contributed by atoms with E-state index >= 15 is 0 Å². The van der Waals surface area contributed by atoms with E-state index in [2.05, 4.69) is 0 Å². The average Bonchev–Trinajstić information content (AvgIpc) is 3.07. The highest BCUT2D eigenvalue weighted by Gasteiger charge is 2.37. The molecule has 4 rings (SSSR count). The monoisotopic (exact) mass is 447 g/mol. The van der Waals surface area contributed by atoms with Gasteiger partial charge in [0.1, 0.15) is 6.61 Å². The molecule has 0 unspecified atom stereocenters. The Labute approximate surface area is 185 Å². The van der Waals surface area contributed by atoms with E-state index in [-0.39, 0.29) is 40.4 Å². The van der Waals surface area contributed by atoms with Crippen molar-refractivity contribution in [2.24, 2.45) is 0 Å². The van der Waals surface area contributed by atoms with Gasteiger partial charge >= 0.3 is 5.97 Å². The molecule has 2 amide bonds. The molecule has 1 aliphatic heterocycles. The van der Waals surface area contributed by atoms with Crippen molar-refractivity contribution in [1.82, 2.24) is 0 Å². The molecule has 1 heterocycles. The van der Waals surface area contributed by atoms with E-state index in [1.165, 1.54) is 60.7 Å². The maximum absolute atomic E-state index is 12.8. The predicted molar refractivity (Wildman–Crippen MR) is 113 cm³/mol. The molecular weight excluding hydrogens is 434 g/mol. The van der Waals surface area contributed by atoms with Crippen LogP contribution in [0.1, 0.15) is 36.6 Å². The van der Waals surface area contributed by atoms with Crippen LogP contribution in [-0.2, 0) is 11.3 Å². The van der Waals surface area contributed by atoms with Crippen LogP contribution in [0.3, 0.4) is 0 Å². The van der Waals surface area contributed by atoms with Gasteiger partial charge < -0.3 is 4.74 Å². The maximum Gasteiger partial charge on any atom is 0.338 e. The van der Waals surface area contributed by atoms with Crippen molar-refractivity contribution in [2.75, 3.05) is 4.90 Å². The molecule has 3 aromatic rings. The zero-order valence-corrected chi connectivity index (χ0v) is 16.7. The van der Waals surface area contributed by atoms with Gasteiger partial charge in [0, 0.05) is 24.3 Å². The number of nitro groups is 2. The van der Waals surface area contributed by atoms with Crippen LogP contribution < -0.4 is 4.90 Å². The molecule has 0 bridgehead atoms. The molecular formula is C22H13N3O8. The standard InChI is InChI=1S/C22H13N3O8/c26-20-18-9-4-14(22(28)33-12-13-2-1-3-17(10-13)25(31)32)11-19(18)21(27)23(20)15-5-7-16(8-6-15)24(29)30/h1-11H,12H2. The van der Waals surface area contributed by atoms with Gasteiger partial charge in [-0.2, -0.15) is 0 Å². The molecule has 0 saturated heterocycles. The van der Waals surface area contributed by atoms with E-state index in [1.807, 2.05) is 0 Å². The number of anilines is 1. The number of hydrogen-bond donors (Lipinski definition) is 0. The zero-order valence-electron chi connectivity index (χ0n) is 16.7. The third kappa shape index (κ3) is 4.02. The Bertz CT molecular complexity index is 1330. The first-order chi connectivity index (χ1) is 15.8. The van der Waals surface area contributed by atoms with E-state index < -0.39 is 27.6 Å². The number of nitro benzene ring substituents is 2. The van der Waals surface area contributed by atoms with E-state index in [0.29, 0.717) is 5.56 Å². The van der Waals surface area contributed by atoms with Gasteiger partial charge in [-0.3, -0.25) is 29.8 Å². The molecule has 3 aromatic carbocycles. The Balaban J connectivity index is 1.52. The van der Waals surface area contributed by atoms with E-state index in [0.717, 1.165) is 4.90 Å². The van der Waals surface area contributed by atoms with Crippen molar-refractivity contribution in [3.63, 3.8) is 0 Å². The van der Waals surface area contributed by atoms with Gasteiger partial charge in [-0.1, -0.05) is 12.1 Å². The number of fused-ring (bicyclic) bond motifs is 1. The minimum absolute atomic E-state index is 0.0110. The third-order valence-electron chi connectivity index (χ3n) is 4.93. The molecule has 11 heteroatoms. The largest absolute Gasteiger partial charge is 0.457 e. The summed E-state index contributed by atoms with van der Waals surface area (Å²) in [7, 11) is 0. The molecule has 0 spiro atoms. The highest BCUT2D eigenvalue weighted by atomic mass is 16.6. The number of non-ortho nitro benzene ring substituents is 2. The van der Waals surface area contributed by atoms with Crippen molar-refractivity contribution in [3.05, 3.63) is 109 Å². The Morgan fingerprint density at radius 1 is 0.818 bits per heavy atom. The summed E-state index contributed by atoms with van der Waals surface area (Å²) < 4.78 is 5.18. The lowest BCUT2D eigenvalue weighted by atomic mass is 10.1. The molecule has 0 atom stereocenters. The second kappa shape index (κ2) is 8.30. The number of carbonyl (C=O) groups is 3. The highest BCUT2D eigenvalue weighted by molar-refractivity contribution is 6.34. The van der Waals surface area contributed by atoms with Gasteiger partial charge in [0.25, 0.3) is 23.2 Å². The summed E-state index contributed by atoms with van der Waals surface area (Å²) in [6.45, 7) is -0.223. The fourth-order valence-electron chi connectivity index (χ4n) is 3.32. The van der Waals surface area contributed by atoms with Crippen molar-refractivity contribution >= 4 is 34.8 Å². The van der Waals surface area contributed by atoms with Crippen molar-refractivity contribution in [2.45, 2.75) is 6.61 Å². The molecule has 0 fully saturated rings. The lowest BCUT2D eigenvalue weighted by Crippen LogP contribution is -2.29. The summed E-state index contributed by atoms with van der Waals surface area (Å²) in [5.74, 6) is -2.09. The molecule has 0 aromatic heterocycles. The van der Waals surface area contributed by atoms with Crippen LogP contribution in [0.4, 0.5) is 17.1 Å². The Morgan fingerprint density at radius 2 is 1.48 bits per heavy atom. The fourth-order valence-corrected chi connectivity index (χ4v) is 3.32. The molecule has 0 aliphatic carbocycles. The Kier molecular flexibility index (Phi) is 5.36. The van der Waals surface area contributed by atoms with Gasteiger partial charge in [-0.05, 0) is 35.9 Å². The first-order valence-electron chi connectivity index (χ1n) is 9.44. The van der Waals surface area contributed by atoms with Gasteiger partial charge in [-0.15, -0.1) is 0 Å². The number of rotatable bonds is 6. The van der Waals surface area contributed by atoms with Crippen molar-refractivity contribution < 1.29 is 29.0 Å². The number of benzene rings is 3. The minimum Gasteiger partial charge on any atom is -0.457 e. The first kappa shape index (κ1) is 21.3. The second-order valence-electron chi connectivity index (χ2n) is 6.98. The van der Waals surface area contributed by atoms with Crippen molar-refractivity contribution in [1.29, 1.82) is 0 Å². The minimum atomic E-state index is -0.779. The van der Waals surface area contributed by atoms with Gasteiger partial charge in [0.15, 0.2) is 0 Å². The van der Waals surface area contributed by atoms with E-state index in [4.69, 9.17) is 4.74 Å². The number of nitrogens with zero attached hydrogens (tertiary/aromatic N) is 3. The lowest BCUT2D eigenvalue weighted by molar-refractivity contribution is -0.385. The van der Waals surface area contributed by atoms with Crippen LogP contribution in [0.15, 0.2) is 66.7 Å². The van der Waals surface area contributed by atoms with Crippen molar-refractivity contribution in [3.8, 4) is 0 Å². The Morgan fingerprint density at radius 3 is 2.15 bits per heavy atom. The summed E-state index contributed by atoms with van der Waals surface area (Å²) in [4.78, 5) is 59.4. The summed E-state index contributed by atoms with van der Waals surface area (Å²) in [5.41, 5.74) is 0.319. The zero-order chi connectivity index (χ0) is 23.7.